The molecule has 7 atom stereocenters. The summed E-state index contributed by atoms with van der Waals surface area (Å²) in [4.78, 5) is 66.9. The fourth-order valence-corrected chi connectivity index (χ4v) is 10.6. The van der Waals surface area contributed by atoms with Gasteiger partial charge in [0.15, 0.2) is 17.2 Å². The molecule has 0 unspecified atom stereocenters. The maximum atomic E-state index is 14.0. The normalized spacial score (nSPS) is 28.7. The molecule has 16 heteroatoms. The lowest BCUT2D eigenvalue weighted by Gasteiger charge is -2.51. The van der Waals surface area contributed by atoms with Crippen LogP contribution < -0.4 is 11.5 Å². The quantitative estimate of drug-likeness (QED) is 0.120. The zero-order valence-corrected chi connectivity index (χ0v) is 33.6. The second-order valence-electron chi connectivity index (χ2n) is 17.1. The molecule has 0 aromatic heterocycles. The van der Waals surface area contributed by atoms with E-state index in [4.69, 9.17) is 11.5 Å². The Morgan fingerprint density at radius 2 is 1.26 bits per heavy atom. The van der Waals surface area contributed by atoms with Crippen molar-refractivity contribution in [3.63, 3.8) is 0 Å². The topological polar surface area (TPSA) is 302 Å². The molecule has 2 aromatic carbocycles. The Hall–Kier alpha value is -6.85. The average Bonchev–Trinajstić information content (AvgIpc) is 3.19. The number of aromatic hydroxyl groups is 2. The monoisotopic (exact) mass is 845 g/mol. The number of benzene rings is 2. The Kier molecular flexibility index (Phi) is 9.90. The third-order valence-electron chi connectivity index (χ3n) is 13.5. The highest BCUT2D eigenvalue weighted by atomic mass is 16.4. The number of carbonyl (C=O) groups is 5. The van der Waals surface area contributed by atoms with Crippen molar-refractivity contribution >= 4 is 29.2 Å². The van der Waals surface area contributed by atoms with Crippen LogP contribution in [0.1, 0.15) is 81.5 Å². The molecule has 62 heavy (non-hydrogen) atoms. The first-order valence-corrected chi connectivity index (χ1v) is 20.0. The fourth-order valence-electron chi connectivity index (χ4n) is 10.6. The summed E-state index contributed by atoms with van der Waals surface area (Å²) in [7, 11) is 3.29. The first-order chi connectivity index (χ1) is 29.2. The number of aliphatic hydroxyl groups is 6. The molecular weight excluding hydrogens is 803 g/mol. The predicted molar refractivity (Wildman–Crippen MR) is 217 cm³/mol. The molecule has 0 saturated carbocycles. The molecule has 8 rings (SSSR count). The van der Waals surface area contributed by atoms with Crippen molar-refractivity contribution in [1.29, 1.82) is 0 Å². The molecule has 0 saturated heterocycles. The lowest BCUT2D eigenvalue weighted by molar-refractivity contribution is -0.144. The number of amides is 2. The summed E-state index contributed by atoms with van der Waals surface area (Å²) in [5, 5.41) is 89.4. The number of aliphatic hydroxyl groups excluding tert-OH is 4. The number of nitrogens with zero attached hydrogens (tertiary/aromatic N) is 1. The number of rotatable bonds is 4. The highest BCUT2D eigenvalue weighted by molar-refractivity contribution is 6.24. The molecule has 2 amide bonds. The molecule has 6 aliphatic carbocycles. The number of nitrogens with two attached hydrogens (primary N) is 2. The van der Waals surface area contributed by atoms with Gasteiger partial charge in [-0.2, -0.15) is 0 Å². The number of fused-ring (bicyclic) bond motifs is 6. The van der Waals surface area contributed by atoms with Crippen LogP contribution in [-0.2, 0) is 27.2 Å². The number of likely N-dealkylation sites (N-methyl/N-ethyl adjacent to an activating group) is 1. The minimum Gasteiger partial charge on any atom is -0.511 e. The van der Waals surface area contributed by atoms with Gasteiger partial charge in [0.1, 0.15) is 45.7 Å². The molecule has 0 heterocycles. The second kappa shape index (κ2) is 14.7. The molecule has 0 spiro atoms. The summed E-state index contributed by atoms with van der Waals surface area (Å²) < 4.78 is 0. The number of Topliss-reactive ketones (excluding diaryl/α,β-unsaturated/α-hetero) is 3. The van der Waals surface area contributed by atoms with Crippen molar-refractivity contribution in [2.75, 3.05) is 14.1 Å². The molecule has 2 aromatic rings. The van der Waals surface area contributed by atoms with E-state index in [-0.39, 0.29) is 84.3 Å². The van der Waals surface area contributed by atoms with Crippen molar-refractivity contribution in [2.45, 2.75) is 68.6 Å². The standard InChI is InChI=1S/C46H43N3O13/c1-49(2)36-27-16-22-15-25-20(10-11-28(50)33(25)38(54)31(22)40(56)45(27,61)18-26(37(36)53)43(47)59)8-6-4-3-5-7-19-9-12-29(51)34-24(19)14-21-13-23-17-30(52)35(44(48)60)42(58)46(23,62)41(57)32(21)39(34)55/h9-12,21-23,27,36,50-53,56-57,61-62H,3-4,13-18H2,1-2H3,(H2,47,59)(H2,48,60)/t21-,22+,23+,27+,36+,45+,46+/m1/s1. The van der Waals surface area contributed by atoms with E-state index in [2.05, 4.69) is 23.7 Å². The van der Waals surface area contributed by atoms with Gasteiger partial charge in [-0.15, -0.1) is 0 Å². The van der Waals surface area contributed by atoms with Crippen LogP contribution in [-0.4, -0.2) is 106 Å². The van der Waals surface area contributed by atoms with Crippen LogP contribution in [0.4, 0.5) is 0 Å². The third-order valence-corrected chi connectivity index (χ3v) is 13.5. The number of phenolic OH excluding ortho intramolecular Hbond substituents is 2. The lowest BCUT2D eigenvalue weighted by atomic mass is 9.59. The highest BCUT2D eigenvalue weighted by Crippen LogP contribution is 2.54. The van der Waals surface area contributed by atoms with Crippen molar-refractivity contribution in [3.05, 3.63) is 103 Å². The summed E-state index contributed by atoms with van der Waals surface area (Å²) in [5.74, 6) is 0.623. The lowest BCUT2D eigenvalue weighted by Crippen LogP contribution is -2.59. The summed E-state index contributed by atoms with van der Waals surface area (Å²) in [6.07, 6.45) is 0.0347. The second-order valence-corrected chi connectivity index (χ2v) is 17.1. The van der Waals surface area contributed by atoms with Gasteiger partial charge in [-0.25, -0.2) is 0 Å². The van der Waals surface area contributed by atoms with Gasteiger partial charge in [0.05, 0.1) is 22.7 Å². The molecular formula is C46H43N3O13. The van der Waals surface area contributed by atoms with Crippen molar-refractivity contribution < 1.29 is 64.8 Å². The van der Waals surface area contributed by atoms with Crippen LogP contribution in [0.5, 0.6) is 11.5 Å². The number of phenols is 2. The van der Waals surface area contributed by atoms with Gasteiger partial charge < -0.3 is 52.3 Å². The predicted octanol–water partition coefficient (Wildman–Crippen LogP) is 2.02. The first-order valence-electron chi connectivity index (χ1n) is 20.0. The van der Waals surface area contributed by atoms with E-state index in [1.165, 1.54) is 12.1 Å². The Bertz CT molecular complexity index is 2740. The SMILES string of the molecule is CN(C)[C@@H]1C(O)=C(C(N)=O)C[C@@]2(O)C(O)=C3C(=O)c4c(O)ccc(C#CCCC#Cc5ccc(O)c6c5C[C@H]5C[C@H]7CC(O)=C(C(N)=O)C(=O)[C@@]7(O)C(O)=C5C6=O)c4C[C@H]3C[C@@H]12. The van der Waals surface area contributed by atoms with Gasteiger partial charge in [-0.05, 0) is 87.0 Å². The third kappa shape index (κ3) is 6.00. The van der Waals surface area contributed by atoms with Gasteiger partial charge in [-0.1, -0.05) is 23.7 Å². The molecule has 0 bridgehead atoms. The number of primary amides is 2. The molecule has 320 valence electrons. The van der Waals surface area contributed by atoms with E-state index >= 15 is 0 Å². The zero-order chi connectivity index (χ0) is 44.9. The van der Waals surface area contributed by atoms with Crippen molar-refractivity contribution in [3.8, 4) is 35.2 Å². The summed E-state index contributed by atoms with van der Waals surface area (Å²) >= 11 is 0. The van der Waals surface area contributed by atoms with Crippen LogP contribution >= 0.6 is 0 Å². The van der Waals surface area contributed by atoms with Crippen LogP contribution in [0, 0.1) is 47.4 Å². The first kappa shape index (κ1) is 41.9. The number of allylic oxidation sites excluding steroid dienone is 3. The Balaban J connectivity index is 1.03. The van der Waals surface area contributed by atoms with E-state index in [1.54, 1.807) is 31.1 Å². The fraction of sp³-hybridized carbons (Fsp3) is 0.370. The summed E-state index contributed by atoms with van der Waals surface area (Å²) in [6, 6.07) is 4.81. The minimum absolute atomic E-state index is 0.0226. The molecule has 0 fully saturated rings. The Morgan fingerprint density at radius 3 is 1.76 bits per heavy atom. The number of carbonyl (C=O) groups excluding carboxylic acids is 5. The molecule has 16 nitrogen and oxygen atoms in total. The molecule has 12 N–H and O–H groups in total. The van der Waals surface area contributed by atoms with Crippen molar-refractivity contribution in [1.82, 2.24) is 4.90 Å². The van der Waals surface area contributed by atoms with Crippen LogP contribution in [0.25, 0.3) is 0 Å². The van der Waals surface area contributed by atoms with E-state index in [0.29, 0.717) is 22.3 Å². The van der Waals surface area contributed by atoms with Gasteiger partial charge in [0.2, 0.25) is 11.7 Å². The average molecular weight is 846 g/mol. The smallest absolute Gasteiger partial charge is 0.255 e. The van der Waals surface area contributed by atoms with E-state index in [1.807, 2.05) is 0 Å². The molecule has 0 radical (unpaired) electrons. The van der Waals surface area contributed by atoms with E-state index in [9.17, 15) is 64.8 Å². The summed E-state index contributed by atoms with van der Waals surface area (Å²) in [5.41, 5.74) is 6.08. The zero-order valence-electron chi connectivity index (χ0n) is 33.6. The number of ketones is 3. The maximum Gasteiger partial charge on any atom is 0.255 e. The molecule has 6 aliphatic rings. The Morgan fingerprint density at radius 1 is 0.742 bits per heavy atom. The number of hydrogen-bond acceptors (Lipinski definition) is 14. The van der Waals surface area contributed by atoms with Gasteiger partial charge in [-0.3, -0.25) is 28.9 Å². The van der Waals surface area contributed by atoms with Crippen LogP contribution in [0.15, 0.2) is 69.6 Å². The van der Waals surface area contributed by atoms with Gasteiger partial charge >= 0.3 is 0 Å². The van der Waals surface area contributed by atoms with E-state index in [0.717, 1.165) is 0 Å². The number of hydrogen-bond donors (Lipinski definition) is 10. The number of unbranched alkanes of at least 4 members (excludes halogenated alkanes) is 1. The van der Waals surface area contributed by atoms with Crippen molar-refractivity contribution in [2.24, 2.45) is 35.1 Å². The van der Waals surface area contributed by atoms with E-state index < -0.39 is 105 Å². The largest absolute Gasteiger partial charge is 0.511 e. The van der Waals surface area contributed by atoms with Crippen LogP contribution in [0.3, 0.4) is 0 Å². The molecule has 0 aliphatic heterocycles. The Labute approximate surface area is 354 Å². The minimum atomic E-state index is -2.67. The van der Waals surface area contributed by atoms with Crippen LogP contribution in [0.2, 0.25) is 0 Å². The highest BCUT2D eigenvalue weighted by Gasteiger charge is 2.61. The maximum absolute atomic E-state index is 14.0. The summed E-state index contributed by atoms with van der Waals surface area (Å²) in [6.45, 7) is 0. The van der Waals surface area contributed by atoms with Gasteiger partial charge in [0.25, 0.3) is 5.91 Å². The van der Waals surface area contributed by atoms with Gasteiger partial charge in [0, 0.05) is 59.8 Å².